The first-order chi connectivity index (χ1) is 9.26. The largest absolute Gasteiger partial charge is 0.406 e. The molecule has 0 aliphatic carbocycles. The van der Waals surface area contributed by atoms with Crippen molar-refractivity contribution in [1.82, 2.24) is 4.90 Å². The molecule has 1 aromatic rings. The molecular weight excluding hydrogens is 291 g/mol. The fourth-order valence-electron chi connectivity index (χ4n) is 1.52. The number of carbonyl (C=O) groups is 1. The minimum atomic E-state index is -4.45. The summed E-state index contributed by atoms with van der Waals surface area (Å²) >= 11 is 1.04. The van der Waals surface area contributed by atoms with E-state index in [1.54, 1.807) is 11.4 Å². The van der Waals surface area contributed by atoms with Gasteiger partial charge in [-0.15, -0.1) is 11.3 Å². The Hall–Kier alpha value is -1.52. The van der Waals surface area contributed by atoms with Gasteiger partial charge in [0.2, 0.25) is 0 Å². The Balaban J connectivity index is 3.04. The van der Waals surface area contributed by atoms with E-state index in [0.29, 0.717) is 5.56 Å². The molecule has 0 unspecified atom stereocenters. The molecule has 1 amide bonds. The van der Waals surface area contributed by atoms with Crippen molar-refractivity contribution < 1.29 is 23.1 Å². The van der Waals surface area contributed by atoms with Gasteiger partial charge in [0, 0.05) is 11.6 Å². The topological polar surface area (TPSA) is 40.5 Å². The molecule has 1 N–H and O–H groups in total. The zero-order valence-corrected chi connectivity index (χ0v) is 11.8. The summed E-state index contributed by atoms with van der Waals surface area (Å²) < 4.78 is 37.6. The number of hydrogen-bond acceptors (Lipinski definition) is 3. The van der Waals surface area contributed by atoms with Crippen molar-refractivity contribution in [3.8, 4) is 11.8 Å². The van der Waals surface area contributed by atoms with Gasteiger partial charge in [0.15, 0.2) is 0 Å². The summed E-state index contributed by atoms with van der Waals surface area (Å²) in [5.41, 5.74) is 0.335. The summed E-state index contributed by atoms with van der Waals surface area (Å²) in [5, 5.41) is 10.2. The van der Waals surface area contributed by atoms with Gasteiger partial charge in [0.1, 0.15) is 18.0 Å². The molecule has 0 radical (unpaired) electrons. The van der Waals surface area contributed by atoms with E-state index >= 15 is 0 Å². The van der Waals surface area contributed by atoms with Gasteiger partial charge in [-0.25, -0.2) is 0 Å². The number of amides is 1. The lowest BCUT2D eigenvalue weighted by atomic mass is 10.2. The van der Waals surface area contributed by atoms with Crippen molar-refractivity contribution in [3.05, 3.63) is 21.9 Å². The maximum Gasteiger partial charge on any atom is 0.406 e. The third kappa shape index (κ3) is 4.54. The highest BCUT2D eigenvalue weighted by atomic mass is 32.1. The van der Waals surface area contributed by atoms with Gasteiger partial charge in [-0.3, -0.25) is 4.79 Å². The predicted molar refractivity (Wildman–Crippen MR) is 70.5 cm³/mol. The molecule has 0 saturated carbocycles. The highest BCUT2D eigenvalue weighted by Gasteiger charge is 2.35. The Morgan fingerprint density at radius 3 is 2.65 bits per heavy atom. The van der Waals surface area contributed by atoms with Crippen LogP contribution in [0.5, 0.6) is 0 Å². The molecule has 7 heteroatoms. The zero-order valence-electron chi connectivity index (χ0n) is 11.0. The number of aliphatic hydroxyl groups excluding tert-OH is 1. The van der Waals surface area contributed by atoms with Crippen molar-refractivity contribution in [2.45, 2.75) is 26.1 Å². The van der Waals surface area contributed by atoms with E-state index < -0.39 is 24.7 Å². The average molecular weight is 305 g/mol. The van der Waals surface area contributed by atoms with Crippen LogP contribution in [0.4, 0.5) is 13.2 Å². The smallest absolute Gasteiger partial charge is 0.384 e. The van der Waals surface area contributed by atoms with E-state index in [0.717, 1.165) is 16.2 Å². The standard InChI is InChI=1S/C13H14F3NO2S/c1-9(2)17(8-13(14,15)16)12(19)11-10(4-3-6-18)5-7-20-11/h5,7,9,18H,6,8H2,1-2H3. The van der Waals surface area contributed by atoms with Crippen LogP contribution >= 0.6 is 11.3 Å². The number of rotatable bonds is 3. The number of nitrogens with zero attached hydrogens (tertiary/aromatic N) is 1. The van der Waals surface area contributed by atoms with Crippen LogP contribution in [0, 0.1) is 11.8 Å². The number of carbonyl (C=O) groups excluding carboxylic acids is 1. The van der Waals surface area contributed by atoms with Crippen molar-refractivity contribution in [2.75, 3.05) is 13.2 Å². The Bertz CT molecular complexity index is 526. The van der Waals surface area contributed by atoms with Gasteiger partial charge in [-0.1, -0.05) is 11.8 Å². The number of thiophene rings is 1. The molecular formula is C13H14F3NO2S. The fraction of sp³-hybridized carbons (Fsp3) is 0.462. The maximum absolute atomic E-state index is 12.5. The van der Waals surface area contributed by atoms with Gasteiger partial charge in [0.05, 0.1) is 0 Å². The van der Waals surface area contributed by atoms with E-state index in [-0.39, 0.29) is 11.5 Å². The SMILES string of the molecule is CC(C)N(CC(F)(F)F)C(=O)c1sccc1C#CCO. The summed E-state index contributed by atoms with van der Waals surface area (Å²) in [5.74, 6) is 4.24. The van der Waals surface area contributed by atoms with Gasteiger partial charge in [-0.05, 0) is 25.3 Å². The number of hydrogen-bond donors (Lipinski definition) is 1. The van der Waals surface area contributed by atoms with Crippen LogP contribution in [0.3, 0.4) is 0 Å². The first kappa shape index (κ1) is 16.5. The summed E-state index contributed by atoms with van der Waals surface area (Å²) in [6.07, 6.45) is -4.45. The second kappa shape index (κ2) is 6.77. The Kier molecular flexibility index (Phi) is 5.60. The molecule has 20 heavy (non-hydrogen) atoms. The molecule has 0 bridgehead atoms. The minimum absolute atomic E-state index is 0.156. The number of alkyl halides is 3. The molecule has 0 saturated heterocycles. The molecule has 0 aromatic carbocycles. The highest BCUT2D eigenvalue weighted by Crippen LogP contribution is 2.23. The van der Waals surface area contributed by atoms with Crippen LogP contribution in [0.1, 0.15) is 29.1 Å². The summed E-state index contributed by atoms with van der Waals surface area (Å²) in [4.78, 5) is 13.1. The summed E-state index contributed by atoms with van der Waals surface area (Å²) in [6.45, 7) is 1.38. The summed E-state index contributed by atoms with van der Waals surface area (Å²) in [7, 11) is 0. The summed E-state index contributed by atoms with van der Waals surface area (Å²) in [6, 6.07) is 0.969. The molecule has 110 valence electrons. The molecule has 0 fully saturated rings. The Morgan fingerprint density at radius 2 is 2.15 bits per heavy atom. The molecule has 3 nitrogen and oxygen atoms in total. The molecule has 1 heterocycles. The van der Waals surface area contributed by atoms with Crippen LogP contribution < -0.4 is 0 Å². The van der Waals surface area contributed by atoms with E-state index in [2.05, 4.69) is 11.8 Å². The first-order valence-electron chi connectivity index (χ1n) is 5.81. The molecule has 0 atom stereocenters. The van der Waals surface area contributed by atoms with Gasteiger partial charge >= 0.3 is 6.18 Å². The lowest BCUT2D eigenvalue weighted by Gasteiger charge is -2.27. The zero-order chi connectivity index (χ0) is 15.3. The Morgan fingerprint density at radius 1 is 1.50 bits per heavy atom. The monoisotopic (exact) mass is 305 g/mol. The normalized spacial score (nSPS) is 11.2. The quantitative estimate of drug-likeness (QED) is 0.872. The molecule has 1 aromatic heterocycles. The molecule has 1 rings (SSSR count). The van der Waals surface area contributed by atoms with Crippen molar-refractivity contribution >= 4 is 17.2 Å². The van der Waals surface area contributed by atoms with Crippen LogP contribution in [-0.2, 0) is 0 Å². The van der Waals surface area contributed by atoms with E-state index in [9.17, 15) is 18.0 Å². The third-order valence-electron chi connectivity index (χ3n) is 2.40. The highest BCUT2D eigenvalue weighted by molar-refractivity contribution is 7.12. The van der Waals surface area contributed by atoms with Crippen LogP contribution in [0.15, 0.2) is 11.4 Å². The number of aliphatic hydroxyl groups is 1. The van der Waals surface area contributed by atoms with Crippen molar-refractivity contribution in [3.63, 3.8) is 0 Å². The van der Waals surface area contributed by atoms with Crippen molar-refractivity contribution in [1.29, 1.82) is 0 Å². The molecule has 0 spiro atoms. The van der Waals surface area contributed by atoms with Crippen LogP contribution in [0.25, 0.3) is 0 Å². The van der Waals surface area contributed by atoms with E-state index in [1.807, 2.05) is 0 Å². The minimum Gasteiger partial charge on any atom is -0.384 e. The third-order valence-corrected chi connectivity index (χ3v) is 3.30. The van der Waals surface area contributed by atoms with Crippen molar-refractivity contribution in [2.24, 2.45) is 0 Å². The van der Waals surface area contributed by atoms with Gasteiger partial charge in [0.25, 0.3) is 5.91 Å². The van der Waals surface area contributed by atoms with Gasteiger partial charge in [-0.2, -0.15) is 13.2 Å². The maximum atomic E-state index is 12.5. The van der Waals surface area contributed by atoms with E-state index in [1.165, 1.54) is 13.8 Å². The molecule has 0 aliphatic heterocycles. The molecule has 0 aliphatic rings. The fourth-order valence-corrected chi connectivity index (χ4v) is 2.32. The van der Waals surface area contributed by atoms with Crippen LogP contribution in [0.2, 0.25) is 0 Å². The average Bonchev–Trinajstić information content (AvgIpc) is 2.79. The number of halogens is 3. The second-order valence-electron chi connectivity index (χ2n) is 4.27. The lowest BCUT2D eigenvalue weighted by Crippen LogP contribution is -2.43. The predicted octanol–water partition coefficient (Wildman–Crippen LogP) is 2.50. The Labute approximate surface area is 119 Å². The van der Waals surface area contributed by atoms with Crippen LogP contribution in [-0.4, -0.2) is 41.3 Å². The van der Waals surface area contributed by atoms with E-state index in [4.69, 9.17) is 5.11 Å². The lowest BCUT2D eigenvalue weighted by molar-refractivity contribution is -0.143. The first-order valence-corrected chi connectivity index (χ1v) is 6.69. The van der Waals surface area contributed by atoms with Gasteiger partial charge < -0.3 is 10.0 Å². The second-order valence-corrected chi connectivity index (χ2v) is 5.18.